The normalized spacial score (nSPS) is 23.7. The number of carbonyl (C=O) groups excluding carboxylic acids is 3. The van der Waals surface area contributed by atoms with Crippen molar-refractivity contribution in [3.8, 4) is 17.2 Å². The van der Waals surface area contributed by atoms with Gasteiger partial charge in [0, 0.05) is 19.3 Å². The zero-order valence-corrected chi connectivity index (χ0v) is 68.3. The minimum Gasteiger partial charge on any atom is -0.482 e. The van der Waals surface area contributed by atoms with Gasteiger partial charge < -0.3 is 74.4 Å². The van der Waals surface area contributed by atoms with Gasteiger partial charge >= 0.3 is 35.8 Å². The number of ether oxygens (including phenoxy) is 6. The fraction of sp³-hybridized carbons (Fsp3) is 0.736. The van der Waals surface area contributed by atoms with Crippen LogP contribution in [-0.4, -0.2) is 157 Å². The highest BCUT2D eigenvalue weighted by Crippen LogP contribution is 2.52. The highest BCUT2D eigenvalue weighted by molar-refractivity contribution is 5.72. The van der Waals surface area contributed by atoms with E-state index >= 15 is 0 Å². The molecule has 0 heterocycles. The van der Waals surface area contributed by atoms with Crippen LogP contribution in [0, 0.1) is 53.3 Å². The highest BCUT2D eigenvalue weighted by Gasteiger charge is 2.48. The first-order valence-corrected chi connectivity index (χ1v) is 43.4. The highest BCUT2D eigenvalue weighted by atomic mass is 16.6. The molecule has 9 rings (SSSR count). The van der Waals surface area contributed by atoms with E-state index in [1.165, 1.54) is 16.7 Å². The lowest BCUT2D eigenvalue weighted by Crippen LogP contribution is -2.28. The van der Waals surface area contributed by atoms with Gasteiger partial charge in [-0.05, 0) is 286 Å². The van der Waals surface area contributed by atoms with Gasteiger partial charge in [0.25, 0.3) is 0 Å². The van der Waals surface area contributed by atoms with Crippen LogP contribution in [0.5, 0.6) is 17.2 Å². The summed E-state index contributed by atoms with van der Waals surface area (Å²) >= 11 is 0. The third-order valence-corrected chi connectivity index (χ3v) is 25.0. The van der Waals surface area contributed by atoms with Crippen molar-refractivity contribution in [1.29, 1.82) is 0 Å². The molecule has 0 amide bonds. The second-order valence-corrected chi connectivity index (χ2v) is 33.6. The lowest BCUT2D eigenvalue weighted by atomic mass is 9.73. The average Bonchev–Trinajstić information content (AvgIpc) is 1.61. The van der Waals surface area contributed by atoms with E-state index in [0.717, 1.165) is 227 Å². The number of hydrogen-bond donors (Lipinski definition) is 9. The van der Waals surface area contributed by atoms with E-state index in [1.807, 2.05) is 50.2 Å². The summed E-state index contributed by atoms with van der Waals surface area (Å²) in [5.74, 6) is 1.64. The van der Waals surface area contributed by atoms with Crippen LogP contribution in [0.2, 0.25) is 0 Å². The fourth-order valence-electron chi connectivity index (χ4n) is 18.9. The number of carbonyl (C=O) groups is 6. The van der Waals surface area contributed by atoms with Crippen molar-refractivity contribution in [2.24, 2.45) is 53.3 Å². The molecule has 3 aromatic rings. The van der Waals surface area contributed by atoms with Crippen LogP contribution in [0.1, 0.15) is 293 Å². The number of carboxylic acids is 3. The Bertz CT molecular complexity index is 3280. The van der Waals surface area contributed by atoms with Gasteiger partial charge in [0.1, 0.15) is 17.2 Å². The quantitative estimate of drug-likeness (QED) is 0.0144. The molecule has 0 radical (unpaired) electrons. The molecule has 21 nitrogen and oxygen atoms in total. The summed E-state index contributed by atoms with van der Waals surface area (Å²) in [5.41, 5.74) is 7.10. The predicted octanol–water partition coefficient (Wildman–Crippen LogP) is 15.6. The molecule has 0 aliphatic heterocycles. The van der Waals surface area contributed by atoms with Crippen LogP contribution in [0.3, 0.4) is 0 Å². The van der Waals surface area contributed by atoms with E-state index in [-0.39, 0.29) is 106 Å². The van der Waals surface area contributed by atoms with Gasteiger partial charge in [-0.15, -0.1) is 0 Å². The van der Waals surface area contributed by atoms with Gasteiger partial charge in [-0.3, -0.25) is 14.4 Å². The minimum atomic E-state index is -0.810. The number of benzene rings is 3. The number of aliphatic hydroxyl groups is 6. The van der Waals surface area contributed by atoms with E-state index in [4.69, 9.17) is 43.7 Å². The van der Waals surface area contributed by atoms with Gasteiger partial charge in [0.2, 0.25) is 0 Å². The Balaban J connectivity index is 0.000000233. The summed E-state index contributed by atoms with van der Waals surface area (Å²) in [4.78, 5) is 68.6. The standard InChI is InChI=1S/C31H48O7.2C30H46O7/c1-3-4-6-12-24(32)15-16-25-26-17-22-11-9-13-29(27(22)18-23(26)19-28(25)33)37-20-31(36)38-21(2)10-7-5-8-14-30(34)35;1-3-4-5-11-23(31)14-15-24-25-16-21-10-8-12-28(26(21)17-22(25)18-27(24)32)36-19-30(35)37-20(2)9-6-7-13-29(33)34;1-2-3-6-11-23(31)14-15-24-25-17-21-10-9-12-28(26(21)18-22(25)19-27(24)32)37-20-30(35)36-16-8-5-4-7-13-29(33)34/h9,11,13,21,23-26,28,32-33H,3-8,10,12,14-20H2,1-2H3,(H,34,35);8,10,12,20,22-25,27,31-32H,3-7,9,11,13-19H2,1-2H3,(H,33,34);9-10,12,22-25,27,31-32H,2-8,11,13-20H2,1H3,(H,33,34)/t21?,23-,24-,25+,26-,28+;20?,22-,23-,24+,25-,27+;22-,23-,24+,25-,27+/m000/s1. The molecule has 3 aromatic carbocycles. The average molecular weight is 1570 g/mol. The smallest absolute Gasteiger partial charge is 0.344 e. The molecule has 21 heteroatoms. The van der Waals surface area contributed by atoms with E-state index in [0.29, 0.717) is 92.8 Å². The van der Waals surface area contributed by atoms with E-state index in [1.54, 1.807) is 0 Å². The fourth-order valence-corrected chi connectivity index (χ4v) is 18.9. The summed E-state index contributed by atoms with van der Waals surface area (Å²) in [7, 11) is 0. The summed E-state index contributed by atoms with van der Waals surface area (Å²) < 4.78 is 33.9. The molecule has 630 valence electrons. The second-order valence-electron chi connectivity index (χ2n) is 33.6. The Morgan fingerprint density at radius 3 is 1.02 bits per heavy atom. The largest absolute Gasteiger partial charge is 0.482 e. The van der Waals surface area contributed by atoms with Crippen LogP contribution >= 0.6 is 0 Å². The molecular weight excluding hydrogens is 1430 g/mol. The number of rotatable bonds is 50. The topological polar surface area (TPSA) is 340 Å². The van der Waals surface area contributed by atoms with Crippen LogP contribution < -0.4 is 14.2 Å². The molecule has 0 aromatic heterocycles. The molecule has 6 aliphatic rings. The van der Waals surface area contributed by atoms with Crippen LogP contribution in [-0.2, 0) is 81.5 Å². The number of hydrogen-bond acceptors (Lipinski definition) is 18. The lowest BCUT2D eigenvalue weighted by Gasteiger charge is -2.32. The van der Waals surface area contributed by atoms with Gasteiger partial charge in [0.05, 0.1) is 55.4 Å². The van der Waals surface area contributed by atoms with Crippen molar-refractivity contribution in [3.05, 3.63) is 88.0 Å². The molecule has 9 N–H and O–H groups in total. The molecule has 3 fully saturated rings. The Morgan fingerprint density at radius 2 is 0.679 bits per heavy atom. The molecule has 3 saturated carbocycles. The Labute approximate surface area is 667 Å². The first kappa shape index (κ1) is 92.8. The minimum absolute atomic E-state index is 0.128. The Hall–Kier alpha value is -6.36. The lowest BCUT2D eigenvalue weighted by molar-refractivity contribution is -0.151. The van der Waals surface area contributed by atoms with Crippen LogP contribution in [0.4, 0.5) is 0 Å². The Kier molecular flexibility index (Phi) is 41.6. The van der Waals surface area contributed by atoms with Crippen molar-refractivity contribution in [2.45, 2.75) is 347 Å². The van der Waals surface area contributed by atoms with E-state index in [2.05, 4.69) is 39.0 Å². The maximum atomic E-state index is 12.4. The van der Waals surface area contributed by atoms with Gasteiger partial charge in [-0.2, -0.15) is 0 Å². The molecule has 2 unspecified atom stereocenters. The molecule has 6 aliphatic carbocycles. The maximum Gasteiger partial charge on any atom is 0.344 e. The summed E-state index contributed by atoms with van der Waals surface area (Å²) in [6.45, 7) is 10.1. The van der Waals surface area contributed by atoms with Crippen LogP contribution in [0.25, 0.3) is 0 Å². The van der Waals surface area contributed by atoms with Crippen molar-refractivity contribution in [2.75, 3.05) is 26.4 Å². The molecule has 0 saturated heterocycles. The van der Waals surface area contributed by atoms with Crippen molar-refractivity contribution in [3.63, 3.8) is 0 Å². The zero-order chi connectivity index (χ0) is 80.9. The summed E-state index contributed by atoms with van der Waals surface area (Å²) in [6, 6.07) is 18.0. The third-order valence-electron chi connectivity index (χ3n) is 25.0. The van der Waals surface area contributed by atoms with Crippen molar-refractivity contribution < 1.29 is 103 Å². The SMILES string of the molecule is CCCCC[C@H](O)CC[C@@H]1[C@H]2Cc3cccc(OCC(=O)OC(C)CCCCC(=O)O)c3C[C@H]2C[C@H]1O.CCCCC[C@H](O)CC[C@@H]1[C@H]2Cc3cccc(OCC(=O)OC(C)CCCCCC(=O)O)c3C[C@H]2C[C@H]1O.CCCCC[C@H](O)CC[C@@H]1[C@H]2Cc3cccc(OCC(=O)OCCCCCCC(=O)O)c3C[C@H]2C[C@H]1O. The third kappa shape index (κ3) is 31.7. The first-order valence-electron chi connectivity index (χ1n) is 43.4. The number of esters is 3. The Morgan fingerprint density at radius 1 is 0.375 bits per heavy atom. The number of aliphatic hydroxyl groups excluding tert-OH is 6. The zero-order valence-electron chi connectivity index (χ0n) is 68.3. The number of carboxylic acid groups (broad SMARTS) is 3. The molecule has 0 bridgehead atoms. The maximum absolute atomic E-state index is 12.4. The predicted molar refractivity (Wildman–Crippen MR) is 429 cm³/mol. The van der Waals surface area contributed by atoms with E-state index in [9.17, 15) is 59.4 Å². The summed E-state index contributed by atoms with van der Waals surface area (Å²) in [6.07, 6.45) is 31.1. The molecule has 112 heavy (non-hydrogen) atoms. The van der Waals surface area contributed by atoms with Gasteiger partial charge in [-0.1, -0.05) is 134 Å². The van der Waals surface area contributed by atoms with Crippen LogP contribution in [0.15, 0.2) is 54.6 Å². The van der Waals surface area contributed by atoms with Crippen molar-refractivity contribution in [1.82, 2.24) is 0 Å². The second kappa shape index (κ2) is 50.2. The number of fused-ring (bicyclic) bond motifs is 6. The number of aliphatic carboxylic acids is 3. The van der Waals surface area contributed by atoms with Crippen molar-refractivity contribution >= 4 is 35.8 Å². The first-order chi connectivity index (χ1) is 53.9. The van der Waals surface area contributed by atoms with Gasteiger partial charge in [0.15, 0.2) is 19.8 Å². The van der Waals surface area contributed by atoms with Gasteiger partial charge in [-0.25, -0.2) is 14.4 Å². The molecule has 17 atom stereocenters. The number of unbranched alkanes of at least 4 members (excludes halogenated alkanes) is 12. The monoisotopic (exact) mass is 1570 g/mol. The van der Waals surface area contributed by atoms with E-state index < -0.39 is 35.8 Å². The summed E-state index contributed by atoms with van der Waals surface area (Å²) in [5, 5.41) is 89.8. The molecule has 0 spiro atoms. The molecular formula is C91H140O21.